The van der Waals surface area contributed by atoms with Crippen molar-refractivity contribution in [1.29, 1.82) is 0 Å². The number of carbonyl (C=O) groups is 2. The molecule has 1 N–H and O–H groups in total. The average Bonchev–Trinajstić information content (AvgIpc) is 3.66. The first-order valence-corrected chi connectivity index (χ1v) is 25.2. The van der Waals surface area contributed by atoms with Gasteiger partial charge in [-0.1, -0.05) is 143 Å². The lowest BCUT2D eigenvalue weighted by Gasteiger charge is -2.22. The number of unbranched alkanes of at least 4 members (excludes halogenated alkanes) is 21. The van der Waals surface area contributed by atoms with Crippen molar-refractivity contribution in [3.05, 3.63) is 18.0 Å². The summed E-state index contributed by atoms with van der Waals surface area (Å²) in [4.78, 5) is 28.4. The number of esters is 2. The molecule has 0 aromatic carbocycles. The van der Waals surface area contributed by atoms with Crippen molar-refractivity contribution < 1.29 is 24.2 Å². The van der Waals surface area contributed by atoms with Crippen LogP contribution in [0.15, 0.2) is 12.4 Å². The highest BCUT2D eigenvalue weighted by molar-refractivity contribution is 5.69. The first-order chi connectivity index (χ1) is 28.4. The summed E-state index contributed by atoms with van der Waals surface area (Å²) in [5.74, 6) is -0.0265. The van der Waals surface area contributed by atoms with Crippen LogP contribution in [0.3, 0.4) is 0 Å². The summed E-state index contributed by atoms with van der Waals surface area (Å²) < 4.78 is 14.1. The van der Waals surface area contributed by atoms with Gasteiger partial charge in [0.1, 0.15) is 12.2 Å². The molecule has 2 atom stereocenters. The van der Waals surface area contributed by atoms with Crippen molar-refractivity contribution in [3.8, 4) is 0 Å². The van der Waals surface area contributed by atoms with Gasteiger partial charge >= 0.3 is 11.9 Å². The van der Waals surface area contributed by atoms with E-state index in [4.69, 9.17) is 9.47 Å². The van der Waals surface area contributed by atoms with Crippen LogP contribution in [-0.4, -0.2) is 63.6 Å². The largest absolute Gasteiger partial charge is 0.462 e. The van der Waals surface area contributed by atoms with Gasteiger partial charge in [0, 0.05) is 44.3 Å². The summed E-state index contributed by atoms with van der Waals surface area (Å²) in [7, 11) is 0. The van der Waals surface area contributed by atoms with Gasteiger partial charge in [0.05, 0.1) is 6.20 Å². The van der Waals surface area contributed by atoms with Crippen molar-refractivity contribution in [1.82, 2.24) is 14.7 Å². The normalized spacial score (nSPS) is 12.7. The average molecular weight is 818 g/mol. The second kappa shape index (κ2) is 40.5. The molecule has 0 aliphatic rings. The molecule has 0 aliphatic carbocycles. The molecule has 2 unspecified atom stereocenters. The van der Waals surface area contributed by atoms with E-state index in [0.717, 1.165) is 129 Å². The van der Waals surface area contributed by atoms with Gasteiger partial charge in [-0.2, -0.15) is 5.10 Å². The van der Waals surface area contributed by atoms with Crippen LogP contribution in [0.1, 0.15) is 252 Å². The number of aryl methyl sites for hydroxylation is 1. The lowest BCUT2D eigenvalue weighted by molar-refractivity contribution is -0.151. The predicted octanol–water partition coefficient (Wildman–Crippen LogP) is 13.8. The fourth-order valence-corrected chi connectivity index (χ4v) is 8.00. The molecule has 58 heavy (non-hydrogen) atoms. The number of aliphatic hydroxyl groups excluding tert-OH is 1. The van der Waals surface area contributed by atoms with Crippen molar-refractivity contribution in [2.24, 2.45) is 0 Å². The molecule has 0 fully saturated rings. The second-order valence-corrected chi connectivity index (χ2v) is 17.5. The molecule has 0 bridgehead atoms. The van der Waals surface area contributed by atoms with Gasteiger partial charge in [0.25, 0.3) is 0 Å². The Bertz CT molecular complexity index is 992. The minimum atomic E-state index is -0.0132. The van der Waals surface area contributed by atoms with E-state index in [0.29, 0.717) is 12.8 Å². The van der Waals surface area contributed by atoms with Gasteiger partial charge in [-0.3, -0.25) is 19.2 Å². The number of hydrogen-bond donors (Lipinski definition) is 1. The van der Waals surface area contributed by atoms with Gasteiger partial charge in [0.15, 0.2) is 0 Å². The van der Waals surface area contributed by atoms with Crippen LogP contribution >= 0.6 is 0 Å². The Balaban J connectivity index is 2.58. The monoisotopic (exact) mass is 818 g/mol. The zero-order chi connectivity index (χ0) is 42.2. The van der Waals surface area contributed by atoms with Gasteiger partial charge in [-0.15, -0.1) is 0 Å². The van der Waals surface area contributed by atoms with Crippen LogP contribution in [0.5, 0.6) is 0 Å². The van der Waals surface area contributed by atoms with E-state index in [1.807, 2.05) is 10.9 Å². The Hall–Kier alpha value is -1.93. The molecule has 340 valence electrons. The van der Waals surface area contributed by atoms with E-state index in [-0.39, 0.29) is 30.8 Å². The minimum absolute atomic E-state index is 0.0132. The molecule has 1 aromatic rings. The highest BCUT2D eigenvalue weighted by Gasteiger charge is 2.16. The SMILES string of the molecule is CCCCCCCCC(CCCCCC)OC(=O)CCCCCN(CCCCCC(=O)OC(CCCCCC)CCCCCCCC)Cc1cnn(CCCCO)c1. The van der Waals surface area contributed by atoms with Crippen LogP contribution in [0.2, 0.25) is 0 Å². The molecular weight excluding hydrogens is 723 g/mol. The van der Waals surface area contributed by atoms with Crippen LogP contribution in [0.4, 0.5) is 0 Å². The summed E-state index contributed by atoms with van der Waals surface area (Å²) in [6.45, 7) is 12.8. The van der Waals surface area contributed by atoms with E-state index in [9.17, 15) is 14.7 Å². The van der Waals surface area contributed by atoms with Crippen LogP contribution in [0, 0.1) is 0 Å². The summed E-state index contributed by atoms with van der Waals surface area (Å²) in [6.07, 6.45) is 41.9. The number of ether oxygens (including phenoxy) is 2. The van der Waals surface area contributed by atoms with E-state index >= 15 is 0 Å². The van der Waals surface area contributed by atoms with Gasteiger partial charge < -0.3 is 14.6 Å². The number of aliphatic hydroxyl groups is 1. The number of nitrogens with zero attached hydrogens (tertiary/aromatic N) is 3. The maximum Gasteiger partial charge on any atom is 0.306 e. The maximum atomic E-state index is 12.9. The number of aromatic nitrogens is 2. The van der Waals surface area contributed by atoms with Crippen molar-refractivity contribution in [2.45, 2.75) is 271 Å². The lowest BCUT2D eigenvalue weighted by Crippen LogP contribution is -2.25. The van der Waals surface area contributed by atoms with Gasteiger partial charge in [-0.25, -0.2) is 0 Å². The smallest absolute Gasteiger partial charge is 0.306 e. The summed E-state index contributed by atoms with van der Waals surface area (Å²) in [5.41, 5.74) is 1.21. The summed E-state index contributed by atoms with van der Waals surface area (Å²) in [6, 6.07) is 0. The predicted molar refractivity (Wildman–Crippen MR) is 244 cm³/mol. The third-order valence-electron chi connectivity index (χ3n) is 11.7. The zero-order valence-corrected chi connectivity index (χ0v) is 38.8. The lowest BCUT2D eigenvalue weighted by atomic mass is 10.0. The first kappa shape index (κ1) is 54.1. The van der Waals surface area contributed by atoms with E-state index in [2.05, 4.69) is 43.9 Å². The number of carbonyl (C=O) groups excluding carboxylic acids is 2. The molecular formula is C50H95N3O5. The third kappa shape index (κ3) is 32.9. The summed E-state index contributed by atoms with van der Waals surface area (Å²) in [5, 5.41) is 13.8. The first-order valence-electron chi connectivity index (χ1n) is 25.2. The molecule has 0 radical (unpaired) electrons. The third-order valence-corrected chi connectivity index (χ3v) is 11.7. The van der Waals surface area contributed by atoms with Crippen LogP contribution < -0.4 is 0 Å². The molecule has 0 amide bonds. The molecule has 1 rings (SSSR count). The van der Waals surface area contributed by atoms with E-state index in [1.54, 1.807) is 0 Å². The van der Waals surface area contributed by atoms with Gasteiger partial charge in [0.2, 0.25) is 0 Å². The second-order valence-electron chi connectivity index (χ2n) is 17.5. The highest BCUT2D eigenvalue weighted by atomic mass is 16.5. The Morgan fingerprint density at radius 2 is 0.948 bits per heavy atom. The Kier molecular flexibility index (Phi) is 37.7. The van der Waals surface area contributed by atoms with Crippen LogP contribution in [0.25, 0.3) is 0 Å². The maximum absolute atomic E-state index is 12.9. The standard InChI is InChI=1S/C50H95N3O5/c1-5-9-13-17-19-25-35-47(33-23-15-11-7-3)57-49(55)37-27-21-29-39-52(44-46-43-51-53(45-46)41-31-32-42-54)40-30-22-28-38-50(56)58-48(34-24-16-12-8-4)36-26-20-18-14-10-6-2/h43,45,47-48,54H,5-42,44H2,1-4H3. The van der Waals surface area contributed by atoms with Crippen molar-refractivity contribution in [3.63, 3.8) is 0 Å². The number of hydrogen-bond acceptors (Lipinski definition) is 7. The molecule has 0 spiro atoms. The van der Waals surface area contributed by atoms with E-state index < -0.39 is 0 Å². The minimum Gasteiger partial charge on any atom is -0.462 e. The molecule has 8 heteroatoms. The fraction of sp³-hybridized carbons (Fsp3) is 0.900. The molecule has 1 aromatic heterocycles. The quantitative estimate of drug-likeness (QED) is 0.0518. The van der Waals surface area contributed by atoms with Crippen LogP contribution in [-0.2, 0) is 32.2 Å². The Labute approximate surface area is 358 Å². The molecule has 0 saturated heterocycles. The molecule has 1 heterocycles. The molecule has 0 aliphatic heterocycles. The Morgan fingerprint density at radius 3 is 1.38 bits per heavy atom. The summed E-state index contributed by atoms with van der Waals surface area (Å²) >= 11 is 0. The number of rotatable bonds is 44. The zero-order valence-electron chi connectivity index (χ0n) is 38.8. The van der Waals surface area contributed by atoms with Crippen molar-refractivity contribution >= 4 is 11.9 Å². The van der Waals surface area contributed by atoms with E-state index in [1.165, 1.54) is 108 Å². The molecule has 8 nitrogen and oxygen atoms in total. The topological polar surface area (TPSA) is 93.9 Å². The van der Waals surface area contributed by atoms with Gasteiger partial charge in [-0.05, 0) is 103 Å². The Morgan fingerprint density at radius 1 is 0.552 bits per heavy atom. The fourth-order valence-electron chi connectivity index (χ4n) is 8.00. The highest BCUT2D eigenvalue weighted by Crippen LogP contribution is 2.20. The van der Waals surface area contributed by atoms with Crippen molar-refractivity contribution in [2.75, 3.05) is 19.7 Å². The molecule has 0 saturated carbocycles.